The van der Waals surface area contributed by atoms with E-state index >= 15 is 0 Å². The Bertz CT molecular complexity index is 830. The fourth-order valence-corrected chi connectivity index (χ4v) is 2.44. The average molecular weight is 394 g/mol. The molecule has 0 atom stereocenters. The van der Waals surface area contributed by atoms with Crippen LogP contribution in [0.15, 0.2) is 58.2 Å². The highest BCUT2D eigenvalue weighted by Crippen LogP contribution is 2.20. The number of benzene rings is 2. The van der Waals surface area contributed by atoms with Gasteiger partial charge in [-0.2, -0.15) is 0 Å². The van der Waals surface area contributed by atoms with Gasteiger partial charge in [-0.25, -0.2) is 4.79 Å². The summed E-state index contributed by atoms with van der Waals surface area (Å²) in [6, 6.07) is 14.2. The van der Waals surface area contributed by atoms with Crippen molar-refractivity contribution in [3.05, 3.63) is 69.7 Å². The maximum Gasteiger partial charge on any atom is 0.358 e. The quantitative estimate of drug-likeness (QED) is 0.513. The SMILES string of the molecule is CCO/N=C(/C(=O)O)c1ccccc1COc1cccc(C=C(Cl)Cl)c1. The molecule has 5 nitrogen and oxygen atoms in total. The van der Waals surface area contributed by atoms with Gasteiger partial charge in [0.1, 0.15) is 23.5 Å². The van der Waals surface area contributed by atoms with Crippen molar-refractivity contribution in [2.75, 3.05) is 6.61 Å². The van der Waals surface area contributed by atoms with E-state index in [0.29, 0.717) is 16.9 Å². The van der Waals surface area contributed by atoms with E-state index in [0.717, 1.165) is 5.56 Å². The van der Waals surface area contributed by atoms with Gasteiger partial charge in [-0.15, -0.1) is 0 Å². The van der Waals surface area contributed by atoms with Gasteiger partial charge in [0.2, 0.25) is 0 Å². The lowest BCUT2D eigenvalue weighted by Gasteiger charge is -2.11. The van der Waals surface area contributed by atoms with E-state index in [1.807, 2.05) is 12.1 Å². The van der Waals surface area contributed by atoms with E-state index in [2.05, 4.69) is 5.16 Å². The molecular weight excluding hydrogens is 377 g/mol. The zero-order valence-electron chi connectivity index (χ0n) is 14.0. The second-order valence-corrected chi connectivity index (χ2v) is 6.12. The van der Waals surface area contributed by atoms with Crippen LogP contribution in [0.5, 0.6) is 5.75 Å². The number of carboxylic acids is 1. The normalized spacial score (nSPS) is 11.0. The summed E-state index contributed by atoms with van der Waals surface area (Å²) in [4.78, 5) is 16.4. The fraction of sp³-hybridized carbons (Fsp3) is 0.158. The van der Waals surface area contributed by atoms with Crippen LogP contribution < -0.4 is 4.74 Å². The van der Waals surface area contributed by atoms with E-state index < -0.39 is 5.97 Å². The lowest BCUT2D eigenvalue weighted by atomic mass is 10.0. The monoisotopic (exact) mass is 393 g/mol. The van der Waals surface area contributed by atoms with Gasteiger partial charge in [-0.1, -0.05) is 64.8 Å². The van der Waals surface area contributed by atoms with Crippen molar-refractivity contribution in [1.82, 2.24) is 0 Å². The number of rotatable bonds is 8. The van der Waals surface area contributed by atoms with Crippen molar-refractivity contribution in [3.8, 4) is 5.75 Å². The van der Waals surface area contributed by atoms with Crippen molar-refractivity contribution in [2.45, 2.75) is 13.5 Å². The number of carboxylic acid groups (broad SMARTS) is 1. The maximum absolute atomic E-state index is 11.5. The van der Waals surface area contributed by atoms with Gasteiger partial charge >= 0.3 is 5.97 Å². The summed E-state index contributed by atoms with van der Waals surface area (Å²) in [5.74, 6) is -0.573. The van der Waals surface area contributed by atoms with Crippen LogP contribution in [0.1, 0.15) is 23.6 Å². The molecule has 0 saturated heterocycles. The zero-order valence-corrected chi connectivity index (χ0v) is 15.5. The van der Waals surface area contributed by atoms with E-state index in [-0.39, 0.29) is 23.4 Å². The van der Waals surface area contributed by atoms with E-state index in [1.54, 1.807) is 49.4 Å². The molecule has 136 valence electrons. The lowest BCUT2D eigenvalue weighted by Crippen LogP contribution is -2.18. The molecule has 2 aromatic rings. The van der Waals surface area contributed by atoms with E-state index in [4.69, 9.17) is 32.8 Å². The Morgan fingerprint density at radius 1 is 1.19 bits per heavy atom. The summed E-state index contributed by atoms with van der Waals surface area (Å²) in [6.45, 7) is 2.17. The standard InChI is InChI=1S/C19H17Cl2NO4/c1-2-26-22-18(19(23)24)16-9-4-3-7-14(16)12-25-15-8-5-6-13(10-15)11-17(20)21/h3-11H,2,12H2,1H3,(H,23,24)/b22-18+. The van der Waals surface area contributed by atoms with Crippen LogP contribution in [0, 0.1) is 0 Å². The first kappa shape index (κ1) is 19.8. The number of hydrogen-bond donors (Lipinski definition) is 1. The van der Waals surface area contributed by atoms with Gasteiger partial charge < -0.3 is 14.7 Å². The maximum atomic E-state index is 11.5. The Kier molecular flexibility index (Phi) is 7.51. The Morgan fingerprint density at radius 3 is 2.65 bits per heavy atom. The van der Waals surface area contributed by atoms with Gasteiger partial charge in [0, 0.05) is 5.56 Å². The molecule has 0 saturated carbocycles. The number of oxime groups is 1. The number of carbonyl (C=O) groups is 1. The molecule has 26 heavy (non-hydrogen) atoms. The minimum atomic E-state index is -1.17. The largest absolute Gasteiger partial charge is 0.489 e. The molecule has 7 heteroatoms. The summed E-state index contributed by atoms with van der Waals surface area (Å²) >= 11 is 11.3. The van der Waals surface area contributed by atoms with Crippen LogP contribution in [0.2, 0.25) is 0 Å². The molecule has 0 radical (unpaired) electrons. The molecule has 0 unspecified atom stereocenters. The fourth-order valence-electron chi connectivity index (χ4n) is 2.19. The topological polar surface area (TPSA) is 68.1 Å². The Morgan fingerprint density at radius 2 is 1.96 bits per heavy atom. The van der Waals surface area contributed by atoms with Crippen molar-refractivity contribution < 1.29 is 19.5 Å². The Labute approximate surface area is 161 Å². The predicted octanol–water partition coefficient (Wildman–Crippen LogP) is 4.87. The van der Waals surface area contributed by atoms with E-state index in [1.165, 1.54) is 0 Å². The number of aliphatic carboxylic acids is 1. The zero-order chi connectivity index (χ0) is 18.9. The molecule has 0 spiro atoms. The van der Waals surface area contributed by atoms with Gasteiger partial charge in [-0.3, -0.25) is 0 Å². The number of halogens is 2. The van der Waals surface area contributed by atoms with Crippen molar-refractivity contribution in [3.63, 3.8) is 0 Å². The molecule has 0 aromatic heterocycles. The molecular formula is C19H17Cl2NO4. The lowest BCUT2D eigenvalue weighted by molar-refractivity contribution is -0.129. The van der Waals surface area contributed by atoms with Gasteiger partial charge in [0.25, 0.3) is 0 Å². The molecule has 2 aromatic carbocycles. The molecule has 0 fully saturated rings. The van der Waals surface area contributed by atoms with Gasteiger partial charge in [0.05, 0.1) is 0 Å². The number of ether oxygens (including phenoxy) is 1. The average Bonchev–Trinajstić information content (AvgIpc) is 2.60. The van der Waals surface area contributed by atoms with Crippen LogP contribution in [0.25, 0.3) is 6.08 Å². The minimum absolute atomic E-state index is 0.144. The Balaban J connectivity index is 2.23. The summed E-state index contributed by atoms with van der Waals surface area (Å²) in [6.07, 6.45) is 1.60. The third-order valence-electron chi connectivity index (χ3n) is 3.29. The van der Waals surface area contributed by atoms with Gasteiger partial charge in [-0.05, 0) is 36.3 Å². The highest BCUT2D eigenvalue weighted by atomic mass is 35.5. The van der Waals surface area contributed by atoms with Crippen LogP contribution in [-0.2, 0) is 16.2 Å². The summed E-state index contributed by atoms with van der Waals surface area (Å²) < 4.78 is 5.93. The second kappa shape index (κ2) is 9.85. The van der Waals surface area contributed by atoms with Crippen molar-refractivity contribution >= 4 is 41.0 Å². The molecule has 0 aliphatic heterocycles. The van der Waals surface area contributed by atoms with Crippen LogP contribution >= 0.6 is 23.2 Å². The molecule has 0 heterocycles. The smallest absolute Gasteiger partial charge is 0.358 e. The molecule has 0 bridgehead atoms. The Hall–Kier alpha value is -2.50. The third-order valence-corrected chi connectivity index (χ3v) is 3.51. The first-order valence-corrected chi connectivity index (χ1v) is 8.54. The highest BCUT2D eigenvalue weighted by Gasteiger charge is 2.17. The number of nitrogens with zero attached hydrogens (tertiary/aromatic N) is 1. The molecule has 0 aliphatic rings. The molecule has 0 aliphatic carbocycles. The molecule has 0 amide bonds. The summed E-state index contributed by atoms with van der Waals surface area (Å²) in [7, 11) is 0. The van der Waals surface area contributed by atoms with E-state index in [9.17, 15) is 9.90 Å². The van der Waals surface area contributed by atoms with Crippen LogP contribution in [0.3, 0.4) is 0 Å². The first-order chi connectivity index (χ1) is 12.5. The third kappa shape index (κ3) is 5.79. The van der Waals surface area contributed by atoms with Gasteiger partial charge in [0.15, 0.2) is 5.71 Å². The van der Waals surface area contributed by atoms with Crippen LogP contribution in [0.4, 0.5) is 0 Å². The number of hydrogen-bond acceptors (Lipinski definition) is 4. The molecule has 1 N–H and O–H groups in total. The van der Waals surface area contributed by atoms with Crippen molar-refractivity contribution in [1.29, 1.82) is 0 Å². The van der Waals surface area contributed by atoms with Crippen LogP contribution in [-0.4, -0.2) is 23.4 Å². The predicted molar refractivity (Wildman–Crippen MR) is 103 cm³/mol. The highest BCUT2D eigenvalue weighted by molar-refractivity contribution is 6.57. The molecule has 2 rings (SSSR count). The first-order valence-electron chi connectivity index (χ1n) is 7.78. The van der Waals surface area contributed by atoms with Crippen molar-refractivity contribution in [2.24, 2.45) is 5.16 Å². The second-order valence-electron chi connectivity index (χ2n) is 5.12. The summed E-state index contributed by atoms with van der Waals surface area (Å²) in [5, 5.41) is 13.1. The summed E-state index contributed by atoms with van der Waals surface area (Å²) in [5.41, 5.74) is 1.73. The minimum Gasteiger partial charge on any atom is -0.489 e.